The minimum absolute atomic E-state index is 0.00366. The molecule has 2 aromatic carbocycles. The molecule has 0 N–H and O–H groups in total. The summed E-state index contributed by atoms with van der Waals surface area (Å²) >= 11 is 0. The number of rotatable bonds is 3. The zero-order valence-electron chi connectivity index (χ0n) is 17.6. The van der Waals surface area contributed by atoms with Gasteiger partial charge in [0.1, 0.15) is 11.3 Å². The third kappa shape index (κ3) is 3.39. The lowest BCUT2D eigenvalue weighted by atomic mass is 9.83. The van der Waals surface area contributed by atoms with Crippen molar-refractivity contribution in [1.29, 1.82) is 0 Å². The number of para-hydroxylation sites is 1. The number of likely N-dealkylation sites (N-methyl/N-ethyl adjacent to an activating group) is 1. The number of ether oxygens (including phenoxy) is 1. The summed E-state index contributed by atoms with van der Waals surface area (Å²) < 4.78 is 11.8. The summed E-state index contributed by atoms with van der Waals surface area (Å²) in [6.07, 6.45) is 0. The largest absolute Gasteiger partial charge is 0.460 e. The molecule has 1 saturated heterocycles. The fourth-order valence-electron chi connectivity index (χ4n) is 4.95. The molecular formula is C25H30N2O2. The lowest BCUT2D eigenvalue weighted by Crippen LogP contribution is -2.48. The van der Waals surface area contributed by atoms with Crippen LogP contribution in [0.5, 0.6) is 0 Å². The highest BCUT2D eigenvalue weighted by Crippen LogP contribution is 2.38. The molecule has 3 heterocycles. The Morgan fingerprint density at radius 1 is 1.00 bits per heavy atom. The van der Waals surface area contributed by atoms with Crippen LogP contribution in [-0.4, -0.2) is 49.7 Å². The topological polar surface area (TPSA) is 28.9 Å². The molecule has 0 amide bonds. The molecular weight excluding hydrogens is 360 g/mol. The first-order valence-corrected chi connectivity index (χ1v) is 10.7. The second-order valence-electron chi connectivity index (χ2n) is 9.01. The monoisotopic (exact) mass is 390 g/mol. The highest BCUT2D eigenvalue weighted by Gasteiger charge is 2.33. The van der Waals surface area contributed by atoms with E-state index in [4.69, 9.17) is 9.15 Å². The number of benzene rings is 2. The van der Waals surface area contributed by atoms with Gasteiger partial charge in [0, 0.05) is 37.1 Å². The van der Waals surface area contributed by atoms with Gasteiger partial charge in [0.05, 0.1) is 19.1 Å². The fraction of sp³-hybridized carbons (Fsp3) is 0.440. The number of hydrogen-bond donors (Lipinski definition) is 0. The molecule has 2 aliphatic heterocycles. The van der Waals surface area contributed by atoms with Crippen molar-refractivity contribution < 1.29 is 9.15 Å². The summed E-state index contributed by atoms with van der Waals surface area (Å²) in [4.78, 5) is 4.95. The second-order valence-corrected chi connectivity index (χ2v) is 9.01. The minimum Gasteiger partial charge on any atom is -0.460 e. The average Bonchev–Trinajstić information content (AvgIpc) is 3.17. The summed E-state index contributed by atoms with van der Waals surface area (Å²) in [5.41, 5.74) is 5.19. The fourth-order valence-corrected chi connectivity index (χ4v) is 4.95. The van der Waals surface area contributed by atoms with E-state index < -0.39 is 0 Å². The summed E-state index contributed by atoms with van der Waals surface area (Å²) in [7, 11) is 2.21. The van der Waals surface area contributed by atoms with Gasteiger partial charge in [0.2, 0.25) is 0 Å². The molecule has 0 aliphatic carbocycles. The van der Waals surface area contributed by atoms with Crippen LogP contribution in [0.25, 0.3) is 11.0 Å². The van der Waals surface area contributed by atoms with Crippen LogP contribution in [0.4, 0.5) is 0 Å². The van der Waals surface area contributed by atoms with Crippen molar-refractivity contribution >= 4 is 11.0 Å². The molecule has 152 valence electrons. The van der Waals surface area contributed by atoms with E-state index >= 15 is 0 Å². The predicted molar refractivity (Wildman–Crippen MR) is 116 cm³/mol. The first-order valence-electron chi connectivity index (χ1n) is 10.7. The molecule has 3 aromatic rings. The van der Waals surface area contributed by atoms with Gasteiger partial charge in [-0.05, 0) is 49.7 Å². The van der Waals surface area contributed by atoms with Crippen LogP contribution in [0.15, 0.2) is 52.9 Å². The normalized spacial score (nSPS) is 21.4. The van der Waals surface area contributed by atoms with Gasteiger partial charge in [-0.3, -0.25) is 4.90 Å². The Morgan fingerprint density at radius 3 is 2.59 bits per heavy atom. The van der Waals surface area contributed by atoms with E-state index in [1.807, 2.05) is 6.07 Å². The SMILES string of the molecule is CN1Cc2cc(C(C)(C)N3CCOCC3)ccc2C(c2cc3ccccc3o2)C1. The van der Waals surface area contributed by atoms with E-state index in [0.717, 1.165) is 50.7 Å². The highest BCUT2D eigenvalue weighted by molar-refractivity contribution is 5.78. The van der Waals surface area contributed by atoms with Gasteiger partial charge in [0.15, 0.2) is 0 Å². The number of hydrogen-bond acceptors (Lipinski definition) is 4. The van der Waals surface area contributed by atoms with Gasteiger partial charge in [-0.1, -0.05) is 36.4 Å². The van der Waals surface area contributed by atoms with Crippen LogP contribution in [0.3, 0.4) is 0 Å². The molecule has 0 radical (unpaired) electrons. The van der Waals surface area contributed by atoms with Crippen molar-refractivity contribution in [2.45, 2.75) is 31.8 Å². The number of furan rings is 1. The Labute approximate surface area is 173 Å². The molecule has 0 spiro atoms. The third-order valence-corrected chi connectivity index (χ3v) is 6.75. The Hall–Kier alpha value is -2.14. The van der Waals surface area contributed by atoms with E-state index in [2.05, 4.69) is 73.2 Å². The summed E-state index contributed by atoms with van der Waals surface area (Å²) in [5.74, 6) is 1.34. The highest BCUT2D eigenvalue weighted by atomic mass is 16.5. The van der Waals surface area contributed by atoms with E-state index in [1.54, 1.807) is 0 Å². The molecule has 4 nitrogen and oxygen atoms in total. The molecule has 29 heavy (non-hydrogen) atoms. The van der Waals surface area contributed by atoms with E-state index in [0.29, 0.717) is 0 Å². The van der Waals surface area contributed by atoms with E-state index in [9.17, 15) is 0 Å². The van der Waals surface area contributed by atoms with Crippen LogP contribution in [-0.2, 0) is 16.8 Å². The summed E-state index contributed by atoms with van der Waals surface area (Å²) in [6, 6.07) is 17.6. The molecule has 1 unspecified atom stereocenters. The number of morpholine rings is 1. The van der Waals surface area contributed by atoms with Crippen molar-refractivity contribution in [3.63, 3.8) is 0 Å². The third-order valence-electron chi connectivity index (χ3n) is 6.75. The van der Waals surface area contributed by atoms with Crippen molar-refractivity contribution in [2.75, 3.05) is 39.9 Å². The Kier molecular flexibility index (Phi) is 4.73. The smallest absolute Gasteiger partial charge is 0.134 e. The van der Waals surface area contributed by atoms with Crippen molar-refractivity contribution in [2.24, 2.45) is 0 Å². The molecule has 2 aliphatic rings. The average molecular weight is 391 g/mol. The molecule has 1 fully saturated rings. The molecule has 0 saturated carbocycles. The van der Waals surface area contributed by atoms with E-state index in [-0.39, 0.29) is 11.5 Å². The maximum atomic E-state index is 6.26. The van der Waals surface area contributed by atoms with Crippen LogP contribution in [0.2, 0.25) is 0 Å². The molecule has 0 bridgehead atoms. The molecule has 5 rings (SSSR count). The summed E-state index contributed by atoms with van der Waals surface area (Å²) in [5, 5.41) is 1.18. The first-order chi connectivity index (χ1) is 14.0. The van der Waals surface area contributed by atoms with Crippen molar-refractivity contribution in [3.05, 3.63) is 71.0 Å². The van der Waals surface area contributed by atoms with Crippen molar-refractivity contribution in [3.8, 4) is 0 Å². The lowest BCUT2D eigenvalue weighted by Gasteiger charge is -2.42. The van der Waals surface area contributed by atoms with Crippen LogP contribution in [0, 0.1) is 0 Å². The van der Waals surface area contributed by atoms with Gasteiger partial charge in [-0.15, -0.1) is 0 Å². The first kappa shape index (κ1) is 18.9. The minimum atomic E-state index is 0.00366. The lowest BCUT2D eigenvalue weighted by molar-refractivity contribution is -0.0118. The zero-order valence-corrected chi connectivity index (χ0v) is 17.6. The maximum Gasteiger partial charge on any atom is 0.134 e. The van der Waals surface area contributed by atoms with Crippen LogP contribution < -0.4 is 0 Å². The maximum absolute atomic E-state index is 6.26. The summed E-state index contributed by atoms with van der Waals surface area (Å²) in [6.45, 7) is 10.3. The van der Waals surface area contributed by atoms with Crippen LogP contribution in [0.1, 0.15) is 42.2 Å². The van der Waals surface area contributed by atoms with Gasteiger partial charge in [0.25, 0.3) is 0 Å². The molecule has 1 aromatic heterocycles. The van der Waals surface area contributed by atoms with E-state index in [1.165, 1.54) is 22.1 Å². The molecule has 1 atom stereocenters. The van der Waals surface area contributed by atoms with Crippen molar-refractivity contribution in [1.82, 2.24) is 9.80 Å². The van der Waals surface area contributed by atoms with Gasteiger partial charge in [-0.2, -0.15) is 0 Å². The quantitative estimate of drug-likeness (QED) is 0.655. The second kappa shape index (κ2) is 7.28. The Balaban J connectivity index is 1.51. The standard InChI is InChI=1S/C25H30N2O2/c1-25(2,27-10-12-28-13-11-27)20-8-9-21-19(14-20)16-26(3)17-22(21)24-15-18-6-4-5-7-23(18)29-24/h4-9,14-15,22H,10-13,16-17H2,1-3H3. The van der Waals surface area contributed by atoms with Crippen LogP contribution >= 0.6 is 0 Å². The molecule has 4 heteroatoms. The number of nitrogens with zero attached hydrogens (tertiary/aromatic N) is 2. The van der Waals surface area contributed by atoms with Gasteiger partial charge >= 0.3 is 0 Å². The van der Waals surface area contributed by atoms with Gasteiger partial charge < -0.3 is 14.1 Å². The number of fused-ring (bicyclic) bond motifs is 2. The Bertz CT molecular complexity index is 984. The van der Waals surface area contributed by atoms with Gasteiger partial charge in [-0.25, -0.2) is 0 Å². The Morgan fingerprint density at radius 2 is 1.79 bits per heavy atom. The zero-order chi connectivity index (χ0) is 20.0. The predicted octanol–water partition coefficient (Wildman–Crippen LogP) is 4.58.